The number of hydrogen-bond donors (Lipinski definition) is 1. The molecule has 2 atom stereocenters. The summed E-state index contributed by atoms with van der Waals surface area (Å²) in [5.41, 5.74) is 0. The minimum Gasteiger partial charge on any atom is -0.484 e. The van der Waals surface area contributed by atoms with Crippen molar-refractivity contribution >= 4 is 21.8 Å². The molecule has 1 aromatic carbocycles. The lowest BCUT2D eigenvalue weighted by molar-refractivity contribution is -0.124. The van der Waals surface area contributed by atoms with Gasteiger partial charge in [-0.05, 0) is 43.0 Å². The van der Waals surface area contributed by atoms with Crippen LogP contribution < -0.4 is 10.1 Å². The van der Waals surface area contributed by atoms with Crippen LogP contribution in [-0.2, 0) is 4.79 Å². The van der Waals surface area contributed by atoms with E-state index in [-0.39, 0.29) is 12.5 Å². The van der Waals surface area contributed by atoms with Gasteiger partial charge in [0.2, 0.25) is 0 Å². The number of hydrogen-bond acceptors (Lipinski definition) is 2. The summed E-state index contributed by atoms with van der Waals surface area (Å²) < 4.78 is 6.47. The minimum absolute atomic E-state index is 0.0262. The zero-order chi connectivity index (χ0) is 13.7. The molecule has 0 unspecified atom stereocenters. The van der Waals surface area contributed by atoms with Crippen LogP contribution in [0.5, 0.6) is 5.75 Å². The van der Waals surface area contributed by atoms with Gasteiger partial charge in [0.05, 0.1) is 0 Å². The summed E-state index contributed by atoms with van der Waals surface area (Å²) in [6.45, 7) is 2.30. The van der Waals surface area contributed by atoms with Crippen molar-refractivity contribution in [2.75, 3.05) is 6.61 Å². The number of nitrogens with one attached hydrogen (secondary N) is 1. The number of carbonyl (C=O) groups excluding carboxylic acids is 1. The van der Waals surface area contributed by atoms with Crippen LogP contribution in [0.1, 0.15) is 32.6 Å². The Balaban J connectivity index is 1.76. The van der Waals surface area contributed by atoms with Crippen molar-refractivity contribution in [1.82, 2.24) is 5.32 Å². The summed E-state index contributed by atoms with van der Waals surface area (Å²) >= 11 is 3.36. The number of benzene rings is 1. The number of ether oxygens (including phenoxy) is 1. The standard InChI is InChI=1S/C15H20BrNO2/c1-11-4-2-3-5-14(11)17-15(18)10-19-13-8-6-12(16)7-9-13/h6-9,11,14H,2-5,10H2,1H3,(H,17,18)/t11-,14+/m1/s1. The number of halogens is 1. The largest absolute Gasteiger partial charge is 0.484 e. The van der Waals surface area contributed by atoms with Crippen LogP contribution in [0, 0.1) is 5.92 Å². The monoisotopic (exact) mass is 325 g/mol. The van der Waals surface area contributed by atoms with E-state index in [0.29, 0.717) is 12.0 Å². The smallest absolute Gasteiger partial charge is 0.258 e. The van der Waals surface area contributed by atoms with Crippen molar-refractivity contribution in [2.24, 2.45) is 5.92 Å². The Morgan fingerprint density at radius 3 is 2.68 bits per heavy atom. The van der Waals surface area contributed by atoms with E-state index in [9.17, 15) is 4.79 Å². The molecule has 1 amide bonds. The van der Waals surface area contributed by atoms with Gasteiger partial charge in [-0.3, -0.25) is 4.79 Å². The minimum atomic E-state index is -0.0262. The van der Waals surface area contributed by atoms with Crippen molar-refractivity contribution < 1.29 is 9.53 Å². The number of carbonyl (C=O) groups is 1. The molecule has 0 bridgehead atoms. The third-order valence-electron chi connectivity index (χ3n) is 3.64. The van der Waals surface area contributed by atoms with Gasteiger partial charge in [0, 0.05) is 10.5 Å². The van der Waals surface area contributed by atoms with E-state index in [4.69, 9.17) is 4.74 Å². The maximum Gasteiger partial charge on any atom is 0.258 e. The first kappa shape index (κ1) is 14.4. The van der Waals surface area contributed by atoms with E-state index in [1.807, 2.05) is 24.3 Å². The van der Waals surface area contributed by atoms with Gasteiger partial charge >= 0.3 is 0 Å². The molecule has 1 saturated carbocycles. The highest BCUT2D eigenvalue weighted by Gasteiger charge is 2.22. The Hall–Kier alpha value is -1.03. The molecule has 0 spiro atoms. The Morgan fingerprint density at radius 2 is 2.00 bits per heavy atom. The van der Waals surface area contributed by atoms with Crippen LogP contribution in [0.4, 0.5) is 0 Å². The van der Waals surface area contributed by atoms with Gasteiger partial charge in [-0.2, -0.15) is 0 Å². The molecule has 3 nitrogen and oxygen atoms in total. The summed E-state index contributed by atoms with van der Waals surface area (Å²) in [4.78, 5) is 11.9. The van der Waals surface area contributed by atoms with E-state index < -0.39 is 0 Å². The molecule has 0 aromatic heterocycles. The van der Waals surface area contributed by atoms with E-state index in [2.05, 4.69) is 28.2 Å². The summed E-state index contributed by atoms with van der Waals surface area (Å²) in [6, 6.07) is 7.81. The van der Waals surface area contributed by atoms with Crippen molar-refractivity contribution in [3.05, 3.63) is 28.7 Å². The third kappa shape index (κ3) is 4.53. The lowest BCUT2D eigenvalue weighted by atomic mass is 9.86. The SMILES string of the molecule is C[C@@H]1CCCC[C@@H]1NC(=O)COc1ccc(Br)cc1. The molecule has 19 heavy (non-hydrogen) atoms. The van der Waals surface area contributed by atoms with E-state index in [1.54, 1.807) is 0 Å². The van der Waals surface area contributed by atoms with E-state index >= 15 is 0 Å². The molecule has 2 rings (SSSR count). The highest BCUT2D eigenvalue weighted by Crippen LogP contribution is 2.23. The maximum atomic E-state index is 11.9. The molecule has 0 heterocycles. The predicted octanol–water partition coefficient (Wildman–Crippen LogP) is 3.52. The highest BCUT2D eigenvalue weighted by atomic mass is 79.9. The molecule has 0 saturated heterocycles. The Labute approximate surface area is 122 Å². The molecule has 1 fully saturated rings. The van der Waals surface area contributed by atoms with Gasteiger partial charge in [0.1, 0.15) is 5.75 Å². The lowest BCUT2D eigenvalue weighted by Gasteiger charge is -2.29. The second-order valence-electron chi connectivity index (χ2n) is 5.18. The van der Waals surface area contributed by atoms with Crippen LogP contribution in [0.25, 0.3) is 0 Å². The number of amides is 1. The van der Waals surface area contributed by atoms with Gasteiger partial charge in [0.15, 0.2) is 6.61 Å². The zero-order valence-corrected chi connectivity index (χ0v) is 12.8. The summed E-state index contributed by atoms with van der Waals surface area (Å²) in [5, 5.41) is 3.08. The van der Waals surface area contributed by atoms with Crippen molar-refractivity contribution in [3.63, 3.8) is 0 Å². The molecule has 1 N–H and O–H groups in total. The van der Waals surface area contributed by atoms with Crippen molar-refractivity contribution in [3.8, 4) is 5.75 Å². The van der Waals surface area contributed by atoms with Crippen LogP contribution in [0.15, 0.2) is 28.7 Å². The average molecular weight is 326 g/mol. The Bertz CT molecular complexity index is 419. The average Bonchev–Trinajstić information content (AvgIpc) is 2.41. The molecule has 1 aromatic rings. The molecular weight excluding hydrogens is 306 g/mol. The normalized spacial score (nSPS) is 22.8. The quantitative estimate of drug-likeness (QED) is 0.919. The lowest BCUT2D eigenvalue weighted by Crippen LogP contribution is -2.43. The van der Waals surface area contributed by atoms with E-state index in [1.165, 1.54) is 19.3 Å². The van der Waals surface area contributed by atoms with Crippen molar-refractivity contribution in [2.45, 2.75) is 38.6 Å². The van der Waals surface area contributed by atoms with E-state index in [0.717, 1.165) is 16.6 Å². The maximum absolute atomic E-state index is 11.9. The molecule has 1 aliphatic rings. The molecule has 0 aliphatic heterocycles. The zero-order valence-electron chi connectivity index (χ0n) is 11.2. The summed E-state index contributed by atoms with van der Waals surface area (Å²) in [6.07, 6.45) is 4.79. The van der Waals surface area contributed by atoms with Crippen LogP contribution in [-0.4, -0.2) is 18.6 Å². The Kier molecular flexibility index (Phi) is 5.25. The second kappa shape index (κ2) is 6.94. The molecule has 104 valence electrons. The van der Waals surface area contributed by atoms with Crippen LogP contribution in [0.3, 0.4) is 0 Å². The molecule has 0 radical (unpaired) electrons. The highest BCUT2D eigenvalue weighted by molar-refractivity contribution is 9.10. The topological polar surface area (TPSA) is 38.3 Å². The van der Waals surface area contributed by atoms with Gasteiger partial charge in [-0.1, -0.05) is 35.7 Å². The third-order valence-corrected chi connectivity index (χ3v) is 4.17. The fourth-order valence-corrected chi connectivity index (χ4v) is 2.72. The molecule has 1 aliphatic carbocycles. The first-order valence-electron chi connectivity index (χ1n) is 6.83. The fourth-order valence-electron chi connectivity index (χ4n) is 2.46. The van der Waals surface area contributed by atoms with Gasteiger partial charge in [-0.15, -0.1) is 0 Å². The number of rotatable bonds is 4. The van der Waals surface area contributed by atoms with Crippen LogP contribution >= 0.6 is 15.9 Å². The van der Waals surface area contributed by atoms with Gasteiger partial charge < -0.3 is 10.1 Å². The van der Waals surface area contributed by atoms with Crippen LogP contribution in [0.2, 0.25) is 0 Å². The van der Waals surface area contributed by atoms with Crippen molar-refractivity contribution in [1.29, 1.82) is 0 Å². The summed E-state index contributed by atoms with van der Waals surface area (Å²) in [5.74, 6) is 1.27. The van der Waals surface area contributed by atoms with Gasteiger partial charge in [0.25, 0.3) is 5.91 Å². The molecule has 4 heteroatoms. The first-order chi connectivity index (χ1) is 9.15. The fraction of sp³-hybridized carbons (Fsp3) is 0.533. The second-order valence-corrected chi connectivity index (χ2v) is 6.09. The van der Waals surface area contributed by atoms with Gasteiger partial charge in [-0.25, -0.2) is 0 Å². The Morgan fingerprint density at radius 1 is 1.32 bits per heavy atom. The first-order valence-corrected chi connectivity index (χ1v) is 7.62. The predicted molar refractivity (Wildman–Crippen MR) is 79.2 cm³/mol. The summed E-state index contributed by atoms with van der Waals surface area (Å²) in [7, 11) is 0. The molecular formula is C15H20BrNO2.